The molecule has 2 aliphatic rings. The van der Waals surface area contributed by atoms with Crippen molar-refractivity contribution < 1.29 is 0 Å². The predicted octanol–water partition coefficient (Wildman–Crippen LogP) is 2.00. The summed E-state index contributed by atoms with van der Waals surface area (Å²) in [6, 6.07) is 0.526. The smallest absolute Gasteiger partial charge is 0.191 e. The Morgan fingerprint density at radius 2 is 2.00 bits per heavy atom. The van der Waals surface area contributed by atoms with Gasteiger partial charge in [0.25, 0.3) is 0 Å². The number of nitrogens with one attached hydrogen (secondary N) is 2. The van der Waals surface area contributed by atoms with Crippen molar-refractivity contribution in [2.45, 2.75) is 52.0 Å². The standard InChI is InChI=1S/C19H39N5/c1-5-20-19(21-10-9-17-8-6-7-16(2)13-17)22-14-18-15-23(3)11-12-24(18)4/h16-18H,5-15H2,1-4H3,(H2,20,21,22). The minimum Gasteiger partial charge on any atom is -0.357 e. The van der Waals surface area contributed by atoms with Crippen LogP contribution in [0.3, 0.4) is 0 Å². The molecule has 0 radical (unpaired) electrons. The maximum absolute atomic E-state index is 4.85. The van der Waals surface area contributed by atoms with Crippen LogP contribution in [0.5, 0.6) is 0 Å². The summed E-state index contributed by atoms with van der Waals surface area (Å²) in [6.45, 7) is 10.8. The number of hydrogen-bond acceptors (Lipinski definition) is 3. The lowest BCUT2D eigenvalue weighted by Crippen LogP contribution is -2.51. The predicted molar refractivity (Wildman–Crippen MR) is 104 cm³/mol. The first-order valence-electron chi connectivity index (χ1n) is 9.99. The van der Waals surface area contributed by atoms with E-state index in [-0.39, 0.29) is 0 Å². The van der Waals surface area contributed by atoms with Gasteiger partial charge in [-0.3, -0.25) is 9.89 Å². The molecular formula is C19H39N5. The van der Waals surface area contributed by atoms with E-state index in [1.165, 1.54) is 32.1 Å². The highest BCUT2D eigenvalue weighted by Gasteiger charge is 2.22. The van der Waals surface area contributed by atoms with Gasteiger partial charge >= 0.3 is 0 Å². The van der Waals surface area contributed by atoms with Crippen LogP contribution in [0.4, 0.5) is 0 Å². The van der Waals surface area contributed by atoms with Crippen LogP contribution >= 0.6 is 0 Å². The normalized spacial score (nSPS) is 30.3. The molecule has 5 heteroatoms. The molecule has 1 saturated heterocycles. The number of piperazine rings is 1. The summed E-state index contributed by atoms with van der Waals surface area (Å²) >= 11 is 0. The zero-order valence-electron chi connectivity index (χ0n) is 16.4. The number of aliphatic imine (C=N–C) groups is 1. The summed E-state index contributed by atoms with van der Waals surface area (Å²) in [4.78, 5) is 9.69. The van der Waals surface area contributed by atoms with E-state index in [4.69, 9.17) is 4.99 Å². The highest BCUT2D eigenvalue weighted by atomic mass is 15.3. The van der Waals surface area contributed by atoms with Crippen molar-refractivity contribution in [1.29, 1.82) is 0 Å². The zero-order chi connectivity index (χ0) is 17.4. The topological polar surface area (TPSA) is 42.9 Å². The minimum absolute atomic E-state index is 0.526. The Kier molecular flexibility index (Phi) is 8.33. The monoisotopic (exact) mass is 337 g/mol. The van der Waals surface area contributed by atoms with E-state index in [2.05, 4.69) is 48.4 Å². The molecule has 1 saturated carbocycles. The van der Waals surface area contributed by atoms with Crippen LogP contribution in [-0.2, 0) is 0 Å². The van der Waals surface area contributed by atoms with Gasteiger partial charge in [0.15, 0.2) is 5.96 Å². The van der Waals surface area contributed by atoms with Gasteiger partial charge in [-0.25, -0.2) is 0 Å². The van der Waals surface area contributed by atoms with Crippen LogP contribution in [0.25, 0.3) is 0 Å². The molecule has 0 aromatic heterocycles. The van der Waals surface area contributed by atoms with Crippen molar-refractivity contribution in [3.8, 4) is 0 Å². The molecule has 140 valence electrons. The van der Waals surface area contributed by atoms with E-state index in [1.54, 1.807) is 0 Å². The average Bonchev–Trinajstić information content (AvgIpc) is 2.55. The van der Waals surface area contributed by atoms with Gasteiger partial charge in [0, 0.05) is 38.8 Å². The van der Waals surface area contributed by atoms with Crippen LogP contribution in [0.1, 0.15) is 46.0 Å². The summed E-state index contributed by atoms with van der Waals surface area (Å²) in [5.74, 6) is 2.81. The molecule has 0 amide bonds. The Morgan fingerprint density at radius 1 is 1.17 bits per heavy atom. The molecule has 5 nitrogen and oxygen atoms in total. The first kappa shape index (κ1) is 19.5. The largest absolute Gasteiger partial charge is 0.357 e. The molecule has 0 spiro atoms. The Labute approximate surface area is 149 Å². The summed E-state index contributed by atoms with van der Waals surface area (Å²) in [7, 11) is 4.43. The lowest BCUT2D eigenvalue weighted by molar-refractivity contribution is 0.119. The van der Waals surface area contributed by atoms with Crippen LogP contribution in [0.15, 0.2) is 4.99 Å². The van der Waals surface area contributed by atoms with Crippen LogP contribution in [-0.4, -0.2) is 75.2 Å². The van der Waals surface area contributed by atoms with Gasteiger partial charge in [0.05, 0.1) is 6.54 Å². The van der Waals surface area contributed by atoms with Crippen molar-refractivity contribution in [3.05, 3.63) is 0 Å². The molecule has 2 rings (SSSR count). The number of nitrogens with zero attached hydrogens (tertiary/aromatic N) is 3. The van der Waals surface area contributed by atoms with Gasteiger partial charge in [-0.2, -0.15) is 0 Å². The van der Waals surface area contributed by atoms with Gasteiger partial charge in [-0.1, -0.05) is 26.2 Å². The Morgan fingerprint density at radius 3 is 2.75 bits per heavy atom. The van der Waals surface area contributed by atoms with Gasteiger partial charge in [0.2, 0.25) is 0 Å². The second-order valence-corrected chi connectivity index (χ2v) is 7.97. The zero-order valence-corrected chi connectivity index (χ0v) is 16.4. The SMILES string of the molecule is CCNC(=NCC1CN(C)CCN1C)NCCC1CCCC(C)C1. The van der Waals surface area contributed by atoms with Gasteiger partial charge in [-0.05, 0) is 45.7 Å². The molecule has 3 atom stereocenters. The fourth-order valence-corrected chi connectivity index (χ4v) is 4.05. The average molecular weight is 338 g/mol. The van der Waals surface area contributed by atoms with Crippen molar-refractivity contribution >= 4 is 5.96 Å². The summed E-state index contributed by atoms with van der Waals surface area (Å²) in [6.07, 6.45) is 6.95. The van der Waals surface area contributed by atoms with Crippen LogP contribution in [0.2, 0.25) is 0 Å². The van der Waals surface area contributed by atoms with E-state index in [1.807, 2.05) is 0 Å². The van der Waals surface area contributed by atoms with E-state index in [9.17, 15) is 0 Å². The van der Waals surface area contributed by atoms with E-state index in [0.717, 1.165) is 57.1 Å². The number of hydrogen-bond donors (Lipinski definition) is 2. The molecule has 2 N–H and O–H groups in total. The van der Waals surface area contributed by atoms with Crippen LogP contribution < -0.4 is 10.6 Å². The second kappa shape index (κ2) is 10.2. The second-order valence-electron chi connectivity index (χ2n) is 7.97. The third kappa shape index (κ3) is 6.60. The minimum atomic E-state index is 0.526. The van der Waals surface area contributed by atoms with Crippen molar-refractivity contribution in [3.63, 3.8) is 0 Å². The number of likely N-dealkylation sites (N-methyl/N-ethyl adjacent to an activating group) is 2. The fourth-order valence-electron chi connectivity index (χ4n) is 4.05. The first-order chi connectivity index (χ1) is 11.6. The lowest BCUT2D eigenvalue weighted by Gasteiger charge is -2.37. The van der Waals surface area contributed by atoms with Gasteiger partial charge < -0.3 is 15.5 Å². The van der Waals surface area contributed by atoms with E-state index >= 15 is 0 Å². The van der Waals surface area contributed by atoms with E-state index < -0.39 is 0 Å². The maximum atomic E-state index is 4.85. The number of rotatable bonds is 6. The molecule has 1 aliphatic heterocycles. The molecule has 2 fully saturated rings. The molecule has 24 heavy (non-hydrogen) atoms. The highest BCUT2D eigenvalue weighted by molar-refractivity contribution is 5.79. The molecule has 1 aliphatic carbocycles. The highest BCUT2D eigenvalue weighted by Crippen LogP contribution is 2.30. The first-order valence-corrected chi connectivity index (χ1v) is 9.99. The lowest BCUT2D eigenvalue weighted by atomic mass is 9.81. The quantitative estimate of drug-likeness (QED) is 0.575. The van der Waals surface area contributed by atoms with E-state index in [0.29, 0.717) is 6.04 Å². The summed E-state index contributed by atoms with van der Waals surface area (Å²) in [5.41, 5.74) is 0. The third-order valence-electron chi connectivity index (χ3n) is 5.67. The fraction of sp³-hybridized carbons (Fsp3) is 0.947. The summed E-state index contributed by atoms with van der Waals surface area (Å²) in [5, 5.41) is 6.96. The number of guanidine groups is 1. The molecule has 0 bridgehead atoms. The Hall–Kier alpha value is -0.810. The molecule has 1 heterocycles. The van der Waals surface area contributed by atoms with Gasteiger partial charge in [0.1, 0.15) is 0 Å². The molecule has 0 aromatic rings. The van der Waals surface area contributed by atoms with Gasteiger partial charge in [-0.15, -0.1) is 0 Å². The van der Waals surface area contributed by atoms with Crippen molar-refractivity contribution in [1.82, 2.24) is 20.4 Å². The Bertz CT molecular complexity index is 384. The van der Waals surface area contributed by atoms with Crippen molar-refractivity contribution in [2.75, 3.05) is 53.4 Å². The third-order valence-corrected chi connectivity index (χ3v) is 5.67. The Balaban J connectivity index is 1.75. The molecule has 0 aromatic carbocycles. The maximum Gasteiger partial charge on any atom is 0.191 e. The van der Waals surface area contributed by atoms with Crippen LogP contribution in [0, 0.1) is 11.8 Å². The van der Waals surface area contributed by atoms with Crippen molar-refractivity contribution in [2.24, 2.45) is 16.8 Å². The summed E-state index contributed by atoms with van der Waals surface area (Å²) < 4.78 is 0. The molecule has 3 unspecified atom stereocenters. The molecular weight excluding hydrogens is 298 g/mol.